The molecule has 3 aromatic heterocycles. The monoisotopic (exact) mass is 466 g/mol. The third-order valence-electron chi connectivity index (χ3n) is 4.97. The van der Waals surface area contributed by atoms with Crippen molar-refractivity contribution >= 4 is 45.1 Å². The summed E-state index contributed by atoms with van der Waals surface area (Å²) in [5.74, 6) is -0.932. The van der Waals surface area contributed by atoms with Crippen LogP contribution >= 0.6 is 23.1 Å². The lowest BCUT2D eigenvalue weighted by molar-refractivity contribution is -0.117. The number of rotatable bonds is 6. The van der Waals surface area contributed by atoms with Gasteiger partial charge >= 0.3 is 0 Å². The Balaban J connectivity index is 1.61. The zero-order valence-corrected chi connectivity index (χ0v) is 19.5. The summed E-state index contributed by atoms with van der Waals surface area (Å²) in [6.07, 6.45) is 1.74. The minimum absolute atomic E-state index is 0.0300. The molecular weight excluding hydrogens is 444 g/mol. The molecule has 4 aromatic rings. The van der Waals surface area contributed by atoms with Gasteiger partial charge in [-0.2, -0.15) is 0 Å². The molecule has 4 rings (SSSR count). The van der Waals surface area contributed by atoms with Crippen LogP contribution in [0.3, 0.4) is 0 Å². The van der Waals surface area contributed by atoms with Gasteiger partial charge in [0.15, 0.2) is 5.16 Å². The Bertz CT molecular complexity index is 1350. The molecule has 0 bridgehead atoms. The molecule has 0 aliphatic carbocycles. The molecule has 32 heavy (non-hydrogen) atoms. The molecule has 0 fully saturated rings. The maximum absolute atomic E-state index is 13.4. The number of amides is 2. The van der Waals surface area contributed by atoms with E-state index in [0.29, 0.717) is 21.1 Å². The normalized spacial score (nSPS) is 11.2. The lowest BCUT2D eigenvalue weighted by atomic mass is 10.1. The van der Waals surface area contributed by atoms with Crippen molar-refractivity contribution in [1.29, 1.82) is 0 Å². The van der Waals surface area contributed by atoms with E-state index in [4.69, 9.17) is 4.98 Å². The van der Waals surface area contributed by atoms with Crippen LogP contribution < -0.4 is 10.9 Å². The summed E-state index contributed by atoms with van der Waals surface area (Å²) in [6, 6.07) is 13.0. The van der Waals surface area contributed by atoms with Crippen molar-refractivity contribution in [3.05, 3.63) is 70.1 Å². The fourth-order valence-electron chi connectivity index (χ4n) is 3.43. The molecule has 0 unspecified atom stereocenters. The summed E-state index contributed by atoms with van der Waals surface area (Å²) in [5, 5.41) is 5.38. The summed E-state index contributed by atoms with van der Waals surface area (Å²) in [5.41, 5.74) is 2.09. The number of hydrogen-bond donors (Lipinski definition) is 1. The maximum atomic E-state index is 13.4. The minimum atomic E-state index is -0.460. The van der Waals surface area contributed by atoms with Crippen molar-refractivity contribution in [2.45, 2.75) is 25.0 Å². The number of benzene rings is 1. The Morgan fingerprint density at radius 3 is 2.56 bits per heavy atom. The van der Waals surface area contributed by atoms with E-state index in [9.17, 15) is 14.4 Å². The van der Waals surface area contributed by atoms with Crippen molar-refractivity contribution in [2.24, 2.45) is 7.05 Å². The van der Waals surface area contributed by atoms with Gasteiger partial charge in [-0.15, -0.1) is 11.3 Å². The van der Waals surface area contributed by atoms with Gasteiger partial charge in [0.25, 0.3) is 11.5 Å². The topological polar surface area (TPSA) is 86.0 Å². The number of nitrogens with one attached hydrogen (secondary N) is 1. The maximum Gasteiger partial charge on any atom is 0.274 e. The van der Waals surface area contributed by atoms with Gasteiger partial charge in [0.1, 0.15) is 10.5 Å². The van der Waals surface area contributed by atoms with Crippen molar-refractivity contribution < 1.29 is 9.59 Å². The SMILES string of the molecule is CC(C)n1c(SCC(=O)NC(=O)c2cccn2C)nc2scc(-c3ccccc3)c2c1=O. The largest absolute Gasteiger partial charge is 0.347 e. The molecule has 0 aliphatic rings. The zero-order valence-electron chi connectivity index (χ0n) is 17.9. The highest BCUT2D eigenvalue weighted by molar-refractivity contribution is 7.99. The fraction of sp³-hybridized carbons (Fsp3) is 0.217. The second-order valence-electron chi connectivity index (χ2n) is 7.53. The number of hydrogen-bond acceptors (Lipinski definition) is 6. The lowest BCUT2D eigenvalue weighted by Gasteiger charge is -2.15. The minimum Gasteiger partial charge on any atom is -0.347 e. The van der Waals surface area contributed by atoms with Crippen LogP contribution in [0.2, 0.25) is 0 Å². The van der Waals surface area contributed by atoms with E-state index in [0.717, 1.165) is 22.9 Å². The molecule has 0 saturated carbocycles. The van der Waals surface area contributed by atoms with Crippen LogP contribution in [0.4, 0.5) is 0 Å². The standard InChI is InChI=1S/C23H22N4O3S2/c1-14(2)27-22(30)19-16(15-8-5-4-6-9-15)12-31-21(19)25-23(27)32-13-18(28)24-20(29)17-10-7-11-26(17)3/h4-12,14H,13H2,1-3H3,(H,24,28,29). The first kappa shape index (κ1) is 22.0. The van der Waals surface area contributed by atoms with E-state index in [1.165, 1.54) is 11.3 Å². The smallest absolute Gasteiger partial charge is 0.274 e. The fourth-order valence-corrected chi connectivity index (χ4v) is 5.34. The number of carbonyl (C=O) groups excluding carboxylic acids is 2. The molecule has 0 radical (unpaired) electrons. The van der Waals surface area contributed by atoms with Crippen molar-refractivity contribution in [1.82, 2.24) is 19.4 Å². The summed E-state index contributed by atoms with van der Waals surface area (Å²) in [7, 11) is 1.74. The summed E-state index contributed by atoms with van der Waals surface area (Å²) in [4.78, 5) is 43.4. The van der Waals surface area contributed by atoms with Crippen molar-refractivity contribution in [3.8, 4) is 11.1 Å². The Labute approximate surface area is 193 Å². The first-order valence-corrected chi connectivity index (χ1v) is 11.9. The molecule has 0 saturated heterocycles. The van der Waals surface area contributed by atoms with Crippen LogP contribution in [0.5, 0.6) is 0 Å². The first-order chi connectivity index (χ1) is 15.4. The van der Waals surface area contributed by atoms with E-state index in [1.54, 1.807) is 34.5 Å². The van der Waals surface area contributed by atoms with Crippen LogP contribution in [0.15, 0.2) is 64.0 Å². The predicted molar refractivity (Wildman–Crippen MR) is 128 cm³/mol. The predicted octanol–water partition coefficient (Wildman–Crippen LogP) is 4.09. The molecule has 0 spiro atoms. The second kappa shape index (κ2) is 9.13. The van der Waals surface area contributed by atoms with Crippen LogP contribution in [-0.2, 0) is 11.8 Å². The number of aryl methyl sites for hydroxylation is 1. The molecule has 9 heteroatoms. The van der Waals surface area contributed by atoms with Gasteiger partial charge in [0, 0.05) is 30.2 Å². The third kappa shape index (κ3) is 4.26. The van der Waals surface area contributed by atoms with E-state index >= 15 is 0 Å². The molecule has 1 aromatic carbocycles. The van der Waals surface area contributed by atoms with E-state index < -0.39 is 11.8 Å². The van der Waals surface area contributed by atoms with Gasteiger partial charge in [0.05, 0.1) is 11.1 Å². The molecule has 2 amide bonds. The molecule has 164 valence electrons. The van der Waals surface area contributed by atoms with E-state index in [1.807, 2.05) is 49.6 Å². The number of nitrogens with zero attached hydrogens (tertiary/aromatic N) is 3. The van der Waals surface area contributed by atoms with E-state index in [-0.39, 0.29) is 17.4 Å². The van der Waals surface area contributed by atoms with Crippen LogP contribution in [-0.4, -0.2) is 31.7 Å². The number of thiophene rings is 1. The van der Waals surface area contributed by atoms with Gasteiger partial charge in [-0.1, -0.05) is 42.1 Å². The molecule has 7 nitrogen and oxygen atoms in total. The summed E-state index contributed by atoms with van der Waals surface area (Å²) in [6.45, 7) is 3.82. The Kier molecular flexibility index (Phi) is 6.29. The van der Waals surface area contributed by atoms with Gasteiger partial charge in [-0.3, -0.25) is 24.3 Å². The molecule has 0 aliphatic heterocycles. The molecule has 3 heterocycles. The molecule has 0 atom stereocenters. The Morgan fingerprint density at radius 2 is 1.91 bits per heavy atom. The van der Waals surface area contributed by atoms with Gasteiger partial charge in [-0.25, -0.2) is 4.98 Å². The highest BCUT2D eigenvalue weighted by Crippen LogP contribution is 2.32. The number of fused-ring (bicyclic) bond motifs is 1. The summed E-state index contributed by atoms with van der Waals surface area (Å²) < 4.78 is 3.25. The van der Waals surface area contributed by atoms with Gasteiger partial charge in [-0.05, 0) is 31.5 Å². The van der Waals surface area contributed by atoms with Crippen LogP contribution in [0.1, 0.15) is 30.4 Å². The average Bonchev–Trinajstić information content (AvgIpc) is 3.39. The second-order valence-corrected chi connectivity index (χ2v) is 9.33. The number of aromatic nitrogens is 3. The van der Waals surface area contributed by atoms with Crippen LogP contribution in [0.25, 0.3) is 21.3 Å². The first-order valence-electron chi connectivity index (χ1n) is 10.0. The highest BCUT2D eigenvalue weighted by atomic mass is 32.2. The third-order valence-corrected chi connectivity index (χ3v) is 6.80. The van der Waals surface area contributed by atoms with Crippen molar-refractivity contribution in [2.75, 3.05) is 5.75 Å². The van der Waals surface area contributed by atoms with Crippen molar-refractivity contribution in [3.63, 3.8) is 0 Å². The van der Waals surface area contributed by atoms with Gasteiger partial charge < -0.3 is 4.57 Å². The average molecular weight is 467 g/mol. The number of imide groups is 1. The lowest BCUT2D eigenvalue weighted by Crippen LogP contribution is -2.33. The summed E-state index contributed by atoms with van der Waals surface area (Å²) >= 11 is 2.56. The number of carbonyl (C=O) groups is 2. The zero-order chi connectivity index (χ0) is 22.8. The van der Waals surface area contributed by atoms with E-state index in [2.05, 4.69) is 5.32 Å². The highest BCUT2D eigenvalue weighted by Gasteiger charge is 2.20. The van der Waals surface area contributed by atoms with Crippen LogP contribution in [0, 0.1) is 0 Å². The Hall–Kier alpha value is -3.17. The van der Waals surface area contributed by atoms with Gasteiger partial charge in [0.2, 0.25) is 5.91 Å². The molecular formula is C23H22N4O3S2. The quantitative estimate of drug-likeness (QED) is 0.342. The Morgan fingerprint density at radius 1 is 1.16 bits per heavy atom. The molecule has 1 N–H and O–H groups in total. The number of thioether (sulfide) groups is 1.